The van der Waals surface area contributed by atoms with Crippen molar-refractivity contribution in [1.29, 1.82) is 0 Å². The van der Waals surface area contributed by atoms with Gasteiger partial charge in [0.1, 0.15) is 0 Å². The summed E-state index contributed by atoms with van der Waals surface area (Å²) in [5, 5.41) is 15.3. The standard InChI is InChI=1S/C19H18N2O4S2/c1-2-25-18-8-7-14(11-17(18)21(23)24)19(22)20(12-15-5-3-9-26-15)13-16-6-4-10-27-16/h3-11H,2,12-13H2,1H3. The lowest BCUT2D eigenvalue weighted by Gasteiger charge is -2.22. The van der Waals surface area contributed by atoms with E-state index >= 15 is 0 Å². The van der Waals surface area contributed by atoms with Crippen molar-refractivity contribution in [3.63, 3.8) is 0 Å². The first kappa shape index (κ1) is 19.1. The van der Waals surface area contributed by atoms with E-state index in [1.807, 2.05) is 35.0 Å². The number of thiophene rings is 2. The molecule has 0 aliphatic carbocycles. The minimum absolute atomic E-state index is 0.169. The molecule has 6 nitrogen and oxygen atoms in total. The van der Waals surface area contributed by atoms with Gasteiger partial charge in [0.05, 0.1) is 24.6 Å². The third kappa shape index (κ3) is 4.72. The molecule has 8 heteroatoms. The molecular formula is C19H18N2O4S2. The van der Waals surface area contributed by atoms with E-state index in [1.165, 1.54) is 12.1 Å². The Morgan fingerprint density at radius 3 is 2.22 bits per heavy atom. The zero-order chi connectivity index (χ0) is 19.2. The number of nitrogens with zero attached hydrogens (tertiary/aromatic N) is 2. The van der Waals surface area contributed by atoms with Crippen LogP contribution >= 0.6 is 22.7 Å². The third-order valence-corrected chi connectivity index (χ3v) is 5.57. The molecule has 2 aromatic heterocycles. The summed E-state index contributed by atoms with van der Waals surface area (Å²) in [6, 6.07) is 12.2. The van der Waals surface area contributed by atoms with Crippen molar-refractivity contribution < 1.29 is 14.5 Å². The van der Waals surface area contributed by atoms with Gasteiger partial charge < -0.3 is 9.64 Å². The van der Waals surface area contributed by atoms with Gasteiger partial charge in [-0.1, -0.05) is 12.1 Å². The summed E-state index contributed by atoms with van der Waals surface area (Å²) in [7, 11) is 0. The van der Waals surface area contributed by atoms with Crippen LogP contribution in [0.4, 0.5) is 5.69 Å². The summed E-state index contributed by atoms with van der Waals surface area (Å²) in [4.78, 5) is 27.8. The van der Waals surface area contributed by atoms with E-state index in [9.17, 15) is 14.9 Å². The van der Waals surface area contributed by atoms with E-state index in [1.54, 1.807) is 40.6 Å². The average molecular weight is 402 g/mol. The van der Waals surface area contributed by atoms with Gasteiger partial charge in [-0.3, -0.25) is 14.9 Å². The summed E-state index contributed by atoms with van der Waals surface area (Å²) in [6.45, 7) is 2.98. The number of amides is 1. The van der Waals surface area contributed by atoms with Crippen LogP contribution in [-0.4, -0.2) is 22.3 Å². The van der Waals surface area contributed by atoms with Crippen molar-refractivity contribution in [3.05, 3.63) is 78.7 Å². The van der Waals surface area contributed by atoms with Crippen LogP contribution < -0.4 is 4.74 Å². The van der Waals surface area contributed by atoms with Crippen molar-refractivity contribution in [2.24, 2.45) is 0 Å². The minimum Gasteiger partial charge on any atom is -0.487 e. The summed E-state index contributed by atoms with van der Waals surface area (Å²) in [5.74, 6) is -0.0786. The maximum absolute atomic E-state index is 13.1. The van der Waals surface area contributed by atoms with Crippen molar-refractivity contribution in [3.8, 4) is 5.75 Å². The van der Waals surface area contributed by atoms with Crippen LogP contribution in [-0.2, 0) is 13.1 Å². The molecule has 27 heavy (non-hydrogen) atoms. The van der Waals surface area contributed by atoms with Gasteiger partial charge in [-0.15, -0.1) is 22.7 Å². The SMILES string of the molecule is CCOc1ccc(C(=O)N(Cc2cccs2)Cc2cccs2)cc1[N+](=O)[O-]. The maximum atomic E-state index is 13.1. The number of nitro benzene ring substituents is 1. The lowest BCUT2D eigenvalue weighted by Crippen LogP contribution is -2.29. The Hall–Kier alpha value is -2.71. The zero-order valence-electron chi connectivity index (χ0n) is 14.7. The Morgan fingerprint density at radius 2 is 1.74 bits per heavy atom. The highest BCUT2D eigenvalue weighted by Crippen LogP contribution is 2.29. The minimum atomic E-state index is -0.523. The van der Waals surface area contributed by atoms with E-state index in [0.717, 1.165) is 9.75 Å². The molecule has 0 fully saturated rings. The van der Waals surface area contributed by atoms with E-state index in [4.69, 9.17) is 4.74 Å². The molecular weight excluding hydrogens is 384 g/mol. The van der Waals surface area contributed by atoms with Gasteiger partial charge in [-0.25, -0.2) is 0 Å². The van der Waals surface area contributed by atoms with E-state index < -0.39 is 4.92 Å². The Morgan fingerprint density at radius 1 is 1.11 bits per heavy atom. The van der Waals surface area contributed by atoms with Crippen LogP contribution in [0.15, 0.2) is 53.2 Å². The second-order valence-electron chi connectivity index (χ2n) is 5.69. The maximum Gasteiger partial charge on any atom is 0.311 e. The van der Waals surface area contributed by atoms with Gasteiger partial charge >= 0.3 is 5.69 Å². The molecule has 0 N–H and O–H groups in total. The van der Waals surface area contributed by atoms with Crippen molar-refractivity contribution in [2.75, 3.05) is 6.61 Å². The quantitative estimate of drug-likeness (QED) is 0.394. The molecule has 0 unspecified atom stereocenters. The van der Waals surface area contributed by atoms with Crippen molar-refractivity contribution in [2.45, 2.75) is 20.0 Å². The predicted octanol–water partition coefficient (Wildman–Crippen LogP) is 4.96. The first-order chi connectivity index (χ1) is 13.1. The van der Waals surface area contributed by atoms with Gasteiger partial charge in [0.15, 0.2) is 5.75 Å². The average Bonchev–Trinajstić information content (AvgIpc) is 3.35. The lowest BCUT2D eigenvalue weighted by molar-refractivity contribution is -0.385. The molecule has 0 radical (unpaired) electrons. The van der Waals surface area contributed by atoms with Crippen LogP contribution in [0.2, 0.25) is 0 Å². The molecule has 0 bridgehead atoms. The predicted molar refractivity (Wildman–Crippen MR) is 106 cm³/mol. The number of hydrogen-bond donors (Lipinski definition) is 0. The van der Waals surface area contributed by atoms with Gasteiger partial charge in [0, 0.05) is 21.4 Å². The van der Waals surface area contributed by atoms with Gasteiger partial charge in [0.25, 0.3) is 5.91 Å². The molecule has 2 heterocycles. The molecule has 0 saturated heterocycles. The number of benzene rings is 1. The van der Waals surface area contributed by atoms with Crippen LogP contribution in [0.5, 0.6) is 5.75 Å². The van der Waals surface area contributed by atoms with Gasteiger partial charge in [-0.2, -0.15) is 0 Å². The zero-order valence-corrected chi connectivity index (χ0v) is 16.3. The van der Waals surface area contributed by atoms with Crippen LogP contribution in [0.3, 0.4) is 0 Å². The van der Waals surface area contributed by atoms with Crippen molar-refractivity contribution in [1.82, 2.24) is 4.90 Å². The Bertz CT molecular complexity index is 872. The number of nitro groups is 1. The van der Waals surface area contributed by atoms with Gasteiger partial charge in [0.2, 0.25) is 0 Å². The number of rotatable bonds is 8. The number of ether oxygens (including phenoxy) is 1. The highest BCUT2D eigenvalue weighted by Gasteiger charge is 2.23. The molecule has 0 aliphatic rings. The van der Waals surface area contributed by atoms with Crippen molar-refractivity contribution >= 4 is 34.3 Å². The smallest absolute Gasteiger partial charge is 0.311 e. The summed E-state index contributed by atoms with van der Waals surface area (Å²) >= 11 is 3.15. The molecule has 1 aromatic carbocycles. The highest BCUT2D eigenvalue weighted by molar-refractivity contribution is 7.10. The van der Waals surface area contributed by atoms with Crippen LogP contribution in [0.1, 0.15) is 27.0 Å². The van der Waals surface area contributed by atoms with E-state index in [0.29, 0.717) is 19.7 Å². The molecule has 0 saturated carbocycles. The molecule has 0 spiro atoms. The molecule has 3 aromatic rings. The van der Waals surface area contributed by atoms with E-state index in [-0.39, 0.29) is 22.9 Å². The molecule has 140 valence electrons. The normalized spacial score (nSPS) is 10.6. The van der Waals surface area contributed by atoms with Crippen LogP contribution in [0.25, 0.3) is 0 Å². The summed E-state index contributed by atoms with van der Waals surface area (Å²) in [5.41, 5.74) is 0.0770. The Kier molecular flexibility index (Phi) is 6.20. The monoisotopic (exact) mass is 402 g/mol. The fourth-order valence-corrected chi connectivity index (χ4v) is 4.07. The fraction of sp³-hybridized carbons (Fsp3) is 0.211. The highest BCUT2D eigenvalue weighted by atomic mass is 32.1. The first-order valence-corrected chi connectivity index (χ1v) is 10.1. The second-order valence-corrected chi connectivity index (χ2v) is 7.76. The number of carbonyl (C=O) groups is 1. The Balaban J connectivity index is 1.90. The third-order valence-electron chi connectivity index (χ3n) is 3.84. The first-order valence-electron chi connectivity index (χ1n) is 8.33. The lowest BCUT2D eigenvalue weighted by atomic mass is 10.1. The fourth-order valence-electron chi connectivity index (χ4n) is 2.63. The summed E-state index contributed by atoms with van der Waals surface area (Å²) < 4.78 is 5.30. The largest absolute Gasteiger partial charge is 0.487 e. The van der Waals surface area contributed by atoms with E-state index in [2.05, 4.69) is 0 Å². The number of hydrogen-bond acceptors (Lipinski definition) is 6. The molecule has 0 atom stereocenters. The second kappa shape index (κ2) is 8.79. The molecule has 0 aliphatic heterocycles. The summed E-state index contributed by atoms with van der Waals surface area (Å²) in [6.07, 6.45) is 0. The molecule has 3 rings (SSSR count). The Labute approximate surface area is 164 Å². The number of carbonyl (C=O) groups excluding carboxylic acids is 1. The van der Waals surface area contributed by atoms with Crippen LogP contribution in [0, 0.1) is 10.1 Å². The molecule has 1 amide bonds. The van der Waals surface area contributed by atoms with Gasteiger partial charge in [-0.05, 0) is 41.9 Å². The topological polar surface area (TPSA) is 72.7 Å².